The molecule has 27 heavy (non-hydrogen) atoms. The molecule has 0 fully saturated rings. The topological polar surface area (TPSA) is 69.2 Å². The van der Waals surface area contributed by atoms with Crippen LogP contribution in [0.3, 0.4) is 0 Å². The summed E-state index contributed by atoms with van der Waals surface area (Å²) in [5, 5.41) is 6.89. The zero-order chi connectivity index (χ0) is 20.1. The normalized spacial score (nSPS) is 11.9. The Morgan fingerprint density at radius 1 is 1.04 bits per heavy atom. The van der Waals surface area contributed by atoms with Crippen LogP contribution in [0.15, 0.2) is 29.4 Å². The fourth-order valence-electron chi connectivity index (χ4n) is 2.27. The van der Waals surface area contributed by atoms with Gasteiger partial charge in [-0.3, -0.25) is 4.79 Å². The molecule has 1 aromatic carbocycles. The molecular formula is C21H34N2O4. The van der Waals surface area contributed by atoms with E-state index in [0.717, 1.165) is 17.7 Å². The van der Waals surface area contributed by atoms with Gasteiger partial charge >= 0.3 is 0 Å². The summed E-state index contributed by atoms with van der Waals surface area (Å²) >= 11 is 0. The number of rotatable bonds is 13. The van der Waals surface area contributed by atoms with Gasteiger partial charge in [-0.05, 0) is 30.4 Å². The highest BCUT2D eigenvalue weighted by molar-refractivity contribution is 5.98. The van der Waals surface area contributed by atoms with Crippen LogP contribution in [0.2, 0.25) is 0 Å². The van der Waals surface area contributed by atoms with E-state index in [1.54, 1.807) is 0 Å². The summed E-state index contributed by atoms with van der Waals surface area (Å²) < 4.78 is 10.6. The van der Waals surface area contributed by atoms with E-state index in [1.807, 2.05) is 20.8 Å². The highest BCUT2D eigenvalue weighted by atomic mass is 16.7. The van der Waals surface area contributed by atoms with E-state index in [9.17, 15) is 4.79 Å². The third-order valence-electron chi connectivity index (χ3n) is 3.77. The fraction of sp³-hybridized carbons (Fsp3) is 0.619. The van der Waals surface area contributed by atoms with E-state index >= 15 is 0 Å². The van der Waals surface area contributed by atoms with Gasteiger partial charge in [0.2, 0.25) is 5.91 Å². The number of hydrogen-bond acceptors (Lipinski definition) is 5. The molecule has 0 heterocycles. The van der Waals surface area contributed by atoms with Crippen LogP contribution in [0.1, 0.15) is 45.7 Å². The van der Waals surface area contributed by atoms with Gasteiger partial charge in [0.05, 0.1) is 18.9 Å². The first-order valence-electron chi connectivity index (χ1n) is 9.59. The van der Waals surface area contributed by atoms with Crippen molar-refractivity contribution in [3.05, 3.63) is 35.4 Å². The lowest BCUT2D eigenvalue weighted by Crippen LogP contribution is -2.30. The number of carbonyl (C=O) groups is 1. The van der Waals surface area contributed by atoms with E-state index in [4.69, 9.17) is 14.3 Å². The number of ether oxygens (including phenoxy) is 2. The van der Waals surface area contributed by atoms with Crippen molar-refractivity contribution in [3.8, 4) is 0 Å². The maximum Gasteiger partial charge on any atom is 0.222 e. The quantitative estimate of drug-likeness (QED) is 0.247. The number of carbonyl (C=O) groups excluding carboxylic acids is 1. The number of nitrogens with one attached hydrogen (secondary N) is 1. The van der Waals surface area contributed by atoms with Gasteiger partial charge in [-0.2, -0.15) is 0 Å². The minimum absolute atomic E-state index is 0.0135. The molecule has 0 saturated heterocycles. The Balaban J connectivity index is 2.10. The smallest absolute Gasteiger partial charge is 0.222 e. The number of nitrogens with zero attached hydrogens (tertiary/aromatic N) is 1. The Bertz CT molecular complexity index is 568. The average Bonchev–Trinajstić information content (AvgIpc) is 2.62. The molecule has 0 bridgehead atoms. The number of benzene rings is 1. The molecule has 0 atom stereocenters. The van der Waals surface area contributed by atoms with Gasteiger partial charge in [0.25, 0.3) is 0 Å². The highest BCUT2D eigenvalue weighted by Crippen LogP contribution is 2.10. The first-order valence-corrected chi connectivity index (χ1v) is 9.59. The number of hydrogen-bond donors (Lipinski definition) is 1. The summed E-state index contributed by atoms with van der Waals surface area (Å²) in [7, 11) is 0. The molecule has 0 aliphatic carbocycles. The van der Waals surface area contributed by atoms with Crippen molar-refractivity contribution in [3.63, 3.8) is 0 Å². The van der Waals surface area contributed by atoms with Crippen molar-refractivity contribution in [1.82, 2.24) is 5.32 Å². The minimum atomic E-state index is -0.0135. The SMILES string of the molecule is C/C(=N\OCCOCOCCNC(=O)C(C)C)c1ccc(CC(C)C)cc1. The summed E-state index contributed by atoms with van der Waals surface area (Å²) in [6.45, 7) is 11.9. The van der Waals surface area contributed by atoms with Gasteiger partial charge in [-0.15, -0.1) is 0 Å². The maximum atomic E-state index is 11.3. The van der Waals surface area contributed by atoms with Gasteiger partial charge in [-0.1, -0.05) is 57.1 Å². The molecule has 0 aliphatic rings. The number of amides is 1. The molecule has 0 aromatic heterocycles. The summed E-state index contributed by atoms with van der Waals surface area (Å²) in [5.41, 5.74) is 3.22. The van der Waals surface area contributed by atoms with Crippen LogP contribution >= 0.6 is 0 Å². The Labute approximate surface area is 163 Å². The Kier molecular flexibility index (Phi) is 11.4. The Morgan fingerprint density at radius 2 is 1.70 bits per heavy atom. The summed E-state index contributed by atoms with van der Waals surface area (Å²) in [6, 6.07) is 8.42. The van der Waals surface area contributed by atoms with Crippen LogP contribution in [0.4, 0.5) is 0 Å². The summed E-state index contributed by atoms with van der Waals surface area (Å²) in [5.74, 6) is 0.660. The molecule has 6 nitrogen and oxygen atoms in total. The average molecular weight is 379 g/mol. The Hall–Kier alpha value is -1.92. The zero-order valence-electron chi connectivity index (χ0n) is 17.3. The van der Waals surface area contributed by atoms with E-state index in [0.29, 0.717) is 32.3 Å². The third-order valence-corrected chi connectivity index (χ3v) is 3.77. The van der Waals surface area contributed by atoms with Crippen molar-refractivity contribution in [1.29, 1.82) is 0 Å². The van der Waals surface area contributed by atoms with Gasteiger partial charge < -0.3 is 19.6 Å². The van der Waals surface area contributed by atoms with Crippen LogP contribution < -0.4 is 5.32 Å². The highest BCUT2D eigenvalue weighted by Gasteiger charge is 2.04. The van der Waals surface area contributed by atoms with Gasteiger partial charge in [0.1, 0.15) is 13.4 Å². The molecule has 1 aromatic rings. The van der Waals surface area contributed by atoms with E-state index in [2.05, 4.69) is 48.6 Å². The second-order valence-electron chi connectivity index (χ2n) is 7.18. The van der Waals surface area contributed by atoms with E-state index in [1.165, 1.54) is 5.56 Å². The first-order chi connectivity index (χ1) is 12.9. The maximum absolute atomic E-state index is 11.3. The van der Waals surface area contributed by atoms with Crippen molar-refractivity contribution >= 4 is 11.6 Å². The van der Waals surface area contributed by atoms with Crippen LogP contribution in [-0.2, 0) is 25.5 Å². The Morgan fingerprint density at radius 3 is 2.33 bits per heavy atom. The molecule has 1 amide bonds. The molecule has 0 spiro atoms. The number of oxime groups is 1. The fourth-order valence-corrected chi connectivity index (χ4v) is 2.27. The van der Waals surface area contributed by atoms with Crippen LogP contribution in [0.5, 0.6) is 0 Å². The second kappa shape index (κ2) is 13.3. The first kappa shape index (κ1) is 23.1. The molecular weight excluding hydrogens is 344 g/mol. The molecule has 1 rings (SSSR count). The molecule has 0 unspecified atom stereocenters. The third kappa shape index (κ3) is 10.7. The molecule has 6 heteroatoms. The minimum Gasteiger partial charge on any atom is -0.393 e. The summed E-state index contributed by atoms with van der Waals surface area (Å²) in [4.78, 5) is 16.6. The second-order valence-corrected chi connectivity index (χ2v) is 7.18. The largest absolute Gasteiger partial charge is 0.393 e. The lowest BCUT2D eigenvalue weighted by Gasteiger charge is -2.08. The van der Waals surface area contributed by atoms with Gasteiger partial charge in [-0.25, -0.2) is 0 Å². The molecule has 0 saturated carbocycles. The van der Waals surface area contributed by atoms with Crippen molar-refractivity contribution in [2.45, 2.75) is 41.0 Å². The van der Waals surface area contributed by atoms with Crippen LogP contribution in [0.25, 0.3) is 0 Å². The van der Waals surface area contributed by atoms with E-state index < -0.39 is 0 Å². The molecule has 152 valence electrons. The summed E-state index contributed by atoms with van der Waals surface area (Å²) in [6.07, 6.45) is 1.08. The molecule has 0 aliphatic heterocycles. The van der Waals surface area contributed by atoms with Crippen molar-refractivity contribution < 1.29 is 19.1 Å². The standard InChI is InChI=1S/C21H34N2O4/c1-16(2)14-19-6-8-20(9-7-19)18(5)23-27-13-12-26-15-25-11-10-22-21(24)17(3)4/h6-9,16-17H,10-15H2,1-5H3,(H,22,24)/b23-18+. The monoisotopic (exact) mass is 378 g/mol. The lowest BCUT2D eigenvalue weighted by atomic mass is 10.0. The van der Waals surface area contributed by atoms with E-state index in [-0.39, 0.29) is 18.6 Å². The van der Waals surface area contributed by atoms with Crippen LogP contribution in [-0.4, -0.2) is 44.8 Å². The van der Waals surface area contributed by atoms with Crippen molar-refractivity contribution in [2.24, 2.45) is 17.0 Å². The van der Waals surface area contributed by atoms with Crippen LogP contribution in [0, 0.1) is 11.8 Å². The van der Waals surface area contributed by atoms with Gasteiger partial charge in [0, 0.05) is 12.5 Å². The predicted molar refractivity (Wildman–Crippen MR) is 108 cm³/mol. The predicted octanol–water partition coefficient (Wildman–Crippen LogP) is 3.39. The van der Waals surface area contributed by atoms with Crippen molar-refractivity contribution in [2.75, 3.05) is 33.2 Å². The van der Waals surface area contributed by atoms with Gasteiger partial charge in [0.15, 0.2) is 0 Å². The molecule has 1 N–H and O–H groups in total. The molecule has 0 radical (unpaired) electrons. The lowest BCUT2D eigenvalue weighted by molar-refractivity contribution is -0.124. The zero-order valence-corrected chi connectivity index (χ0v) is 17.3.